The standard InChI is InChI=1S/C24H27FN6O/c1-15-14-32-18(12-30-8-2-3-9-30)13-31(15)17-5-7-20-22(11-17)27-24(26-20)23-19-6-4-16(25)10-21(19)28-29-23/h4-7,10-11,15,18H,2-3,8-9,12-14H2,1H3,(H,26,27)(H,28,29)/t15-,18+/m1/s1. The van der Waals surface area contributed by atoms with E-state index in [0.717, 1.165) is 36.1 Å². The number of H-pyrrole nitrogens is 2. The molecule has 0 aliphatic carbocycles. The minimum Gasteiger partial charge on any atom is -0.373 e. The number of aromatic nitrogens is 4. The van der Waals surface area contributed by atoms with Crippen molar-refractivity contribution < 1.29 is 9.13 Å². The van der Waals surface area contributed by atoms with E-state index in [0.29, 0.717) is 23.1 Å². The lowest BCUT2D eigenvalue weighted by Gasteiger charge is -2.40. The number of fused-ring (bicyclic) bond motifs is 2. The van der Waals surface area contributed by atoms with Gasteiger partial charge in [0, 0.05) is 30.2 Å². The molecule has 7 nitrogen and oxygen atoms in total. The number of nitrogens with one attached hydrogen (secondary N) is 2. The van der Waals surface area contributed by atoms with Gasteiger partial charge >= 0.3 is 0 Å². The summed E-state index contributed by atoms with van der Waals surface area (Å²) in [4.78, 5) is 13.1. The molecule has 32 heavy (non-hydrogen) atoms. The second-order valence-corrected chi connectivity index (χ2v) is 9.01. The predicted octanol–water partition coefficient (Wildman–Crippen LogP) is 3.93. The van der Waals surface area contributed by atoms with Gasteiger partial charge in [0.2, 0.25) is 0 Å². The molecule has 2 aliphatic heterocycles. The fourth-order valence-corrected chi connectivity index (χ4v) is 5.00. The van der Waals surface area contributed by atoms with Crippen molar-refractivity contribution in [2.75, 3.05) is 37.7 Å². The van der Waals surface area contributed by atoms with Gasteiger partial charge in [0.25, 0.3) is 0 Å². The summed E-state index contributed by atoms with van der Waals surface area (Å²) in [7, 11) is 0. The minimum absolute atomic E-state index is 0.230. The van der Waals surface area contributed by atoms with E-state index in [4.69, 9.17) is 9.72 Å². The molecule has 6 rings (SSSR count). The Morgan fingerprint density at radius 3 is 2.88 bits per heavy atom. The Labute approximate surface area is 185 Å². The zero-order chi connectivity index (χ0) is 21.7. The molecule has 0 radical (unpaired) electrons. The Morgan fingerprint density at radius 1 is 1.12 bits per heavy atom. The van der Waals surface area contributed by atoms with Crippen LogP contribution in [-0.4, -0.2) is 70.0 Å². The van der Waals surface area contributed by atoms with E-state index in [2.05, 4.69) is 50.1 Å². The van der Waals surface area contributed by atoms with Crippen molar-refractivity contribution in [3.63, 3.8) is 0 Å². The Morgan fingerprint density at radius 2 is 2.00 bits per heavy atom. The summed E-state index contributed by atoms with van der Waals surface area (Å²) in [5.41, 5.74) is 4.38. The average Bonchev–Trinajstić information content (AvgIpc) is 3.53. The van der Waals surface area contributed by atoms with Crippen molar-refractivity contribution in [1.29, 1.82) is 0 Å². The number of anilines is 1. The third-order valence-electron chi connectivity index (χ3n) is 6.71. The Balaban J connectivity index is 1.28. The van der Waals surface area contributed by atoms with E-state index in [-0.39, 0.29) is 11.9 Å². The molecule has 0 unspecified atom stereocenters. The van der Waals surface area contributed by atoms with Crippen LogP contribution >= 0.6 is 0 Å². The molecule has 0 spiro atoms. The van der Waals surface area contributed by atoms with Gasteiger partial charge in [-0.2, -0.15) is 5.10 Å². The normalized spacial score (nSPS) is 22.4. The fraction of sp³-hybridized carbons (Fsp3) is 0.417. The van der Waals surface area contributed by atoms with Crippen LogP contribution in [0.1, 0.15) is 19.8 Å². The maximum Gasteiger partial charge on any atom is 0.159 e. The minimum atomic E-state index is -0.287. The van der Waals surface area contributed by atoms with Gasteiger partial charge in [-0.3, -0.25) is 5.10 Å². The molecular weight excluding hydrogens is 407 g/mol. The summed E-state index contributed by atoms with van der Waals surface area (Å²) in [6.45, 7) is 7.22. The van der Waals surface area contributed by atoms with Crippen molar-refractivity contribution in [3.05, 3.63) is 42.2 Å². The van der Waals surface area contributed by atoms with Crippen LogP contribution in [0.4, 0.5) is 10.1 Å². The molecule has 2 aromatic carbocycles. The molecule has 4 heterocycles. The molecule has 166 valence electrons. The lowest BCUT2D eigenvalue weighted by Crippen LogP contribution is -2.51. The number of nitrogens with zero attached hydrogens (tertiary/aromatic N) is 4. The van der Waals surface area contributed by atoms with Crippen molar-refractivity contribution in [1.82, 2.24) is 25.1 Å². The van der Waals surface area contributed by atoms with Crippen LogP contribution in [0.5, 0.6) is 0 Å². The van der Waals surface area contributed by atoms with E-state index in [1.165, 1.54) is 43.8 Å². The quantitative estimate of drug-likeness (QED) is 0.509. The lowest BCUT2D eigenvalue weighted by atomic mass is 10.1. The molecule has 0 amide bonds. The molecule has 2 aromatic heterocycles. The highest BCUT2D eigenvalue weighted by atomic mass is 19.1. The zero-order valence-electron chi connectivity index (χ0n) is 18.1. The van der Waals surface area contributed by atoms with Gasteiger partial charge < -0.3 is 19.5 Å². The number of imidazole rings is 1. The number of hydrogen-bond acceptors (Lipinski definition) is 5. The topological polar surface area (TPSA) is 73.1 Å². The van der Waals surface area contributed by atoms with Gasteiger partial charge in [0.1, 0.15) is 11.5 Å². The summed E-state index contributed by atoms with van der Waals surface area (Å²) in [5.74, 6) is 0.390. The van der Waals surface area contributed by atoms with Crippen molar-refractivity contribution in [3.8, 4) is 11.5 Å². The fourth-order valence-electron chi connectivity index (χ4n) is 5.00. The number of aromatic amines is 2. The Kier molecular flexibility index (Phi) is 4.84. The number of hydrogen-bond donors (Lipinski definition) is 2. The van der Waals surface area contributed by atoms with Gasteiger partial charge in [0.15, 0.2) is 5.82 Å². The highest BCUT2D eigenvalue weighted by molar-refractivity contribution is 5.93. The maximum absolute atomic E-state index is 13.5. The van der Waals surface area contributed by atoms with Crippen molar-refractivity contribution in [2.45, 2.75) is 31.9 Å². The average molecular weight is 435 g/mol. The summed E-state index contributed by atoms with van der Waals surface area (Å²) < 4.78 is 19.7. The van der Waals surface area contributed by atoms with Crippen LogP contribution in [0.15, 0.2) is 36.4 Å². The predicted molar refractivity (Wildman–Crippen MR) is 123 cm³/mol. The number of benzene rings is 2. The summed E-state index contributed by atoms with van der Waals surface area (Å²) in [5, 5.41) is 8.11. The largest absolute Gasteiger partial charge is 0.373 e. The molecule has 2 aliphatic rings. The molecule has 2 saturated heterocycles. The van der Waals surface area contributed by atoms with E-state index in [1.54, 1.807) is 6.07 Å². The van der Waals surface area contributed by atoms with Crippen molar-refractivity contribution >= 4 is 27.6 Å². The Hall–Kier alpha value is -2.97. The second kappa shape index (κ2) is 7.86. The van der Waals surface area contributed by atoms with Gasteiger partial charge in [-0.05, 0) is 69.3 Å². The number of likely N-dealkylation sites (tertiary alicyclic amines) is 1. The molecule has 2 fully saturated rings. The van der Waals surface area contributed by atoms with Gasteiger partial charge in [-0.15, -0.1) is 0 Å². The summed E-state index contributed by atoms with van der Waals surface area (Å²) >= 11 is 0. The monoisotopic (exact) mass is 434 g/mol. The SMILES string of the molecule is C[C@@H]1CO[C@@H](CN2CCCC2)CN1c1ccc2nc(-c3n[nH]c4cc(F)ccc34)[nH]c2c1. The zero-order valence-corrected chi connectivity index (χ0v) is 18.1. The van der Waals surface area contributed by atoms with Crippen LogP contribution in [0.2, 0.25) is 0 Å². The van der Waals surface area contributed by atoms with E-state index < -0.39 is 0 Å². The molecule has 2 N–H and O–H groups in total. The molecular formula is C24H27FN6O. The lowest BCUT2D eigenvalue weighted by molar-refractivity contribution is 0.00482. The van der Waals surface area contributed by atoms with Crippen LogP contribution in [0.3, 0.4) is 0 Å². The summed E-state index contributed by atoms with van der Waals surface area (Å²) in [6.07, 6.45) is 2.82. The van der Waals surface area contributed by atoms with Gasteiger partial charge in [-0.25, -0.2) is 9.37 Å². The van der Waals surface area contributed by atoms with Crippen LogP contribution in [-0.2, 0) is 4.74 Å². The molecule has 0 saturated carbocycles. The molecule has 4 aromatic rings. The number of rotatable bonds is 4. The van der Waals surface area contributed by atoms with Gasteiger partial charge in [0.05, 0.1) is 29.3 Å². The number of ether oxygens (including phenoxy) is 1. The third-order valence-corrected chi connectivity index (χ3v) is 6.71. The molecule has 0 bridgehead atoms. The maximum atomic E-state index is 13.5. The van der Waals surface area contributed by atoms with Gasteiger partial charge in [-0.1, -0.05) is 0 Å². The van der Waals surface area contributed by atoms with Crippen LogP contribution in [0, 0.1) is 5.82 Å². The first-order valence-corrected chi connectivity index (χ1v) is 11.4. The first kappa shape index (κ1) is 19.7. The third kappa shape index (κ3) is 3.53. The van der Waals surface area contributed by atoms with Crippen molar-refractivity contribution in [2.24, 2.45) is 0 Å². The number of halogens is 1. The highest BCUT2D eigenvalue weighted by Gasteiger charge is 2.28. The summed E-state index contributed by atoms with van der Waals surface area (Å²) in [6, 6.07) is 11.3. The van der Waals surface area contributed by atoms with E-state index in [1.807, 2.05) is 0 Å². The smallest absolute Gasteiger partial charge is 0.159 e. The number of morpholine rings is 1. The van der Waals surface area contributed by atoms with Crippen LogP contribution in [0.25, 0.3) is 33.5 Å². The second-order valence-electron chi connectivity index (χ2n) is 9.01. The first-order chi connectivity index (χ1) is 15.6. The first-order valence-electron chi connectivity index (χ1n) is 11.4. The Bertz CT molecular complexity index is 1260. The van der Waals surface area contributed by atoms with E-state index in [9.17, 15) is 4.39 Å². The van der Waals surface area contributed by atoms with E-state index >= 15 is 0 Å². The van der Waals surface area contributed by atoms with Crippen LogP contribution < -0.4 is 4.90 Å². The molecule has 8 heteroatoms. The molecule has 2 atom stereocenters. The highest BCUT2D eigenvalue weighted by Crippen LogP contribution is 2.30.